The van der Waals surface area contributed by atoms with E-state index in [4.69, 9.17) is 9.47 Å². The van der Waals surface area contributed by atoms with Gasteiger partial charge in [0.2, 0.25) is 0 Å². The molecule has 2 unspecified atom stereocenters. The van der Waals surface area contributed by atoms with Crippen molar-refractivity contribution in [1.29, 1.82) is 0 Å². The van der Waals surface area contributed by atoms with Crippen LogP contribution in [0.4, 0.5) is 0 Å². The van der Waals surface area contributed by atoms with Gasteiger partial charge in [-0.25, -0.2) is 0 Å². The fourth-order valence-electron chi connectivity index (χ4n) is 3.59. The number of benzene rings is 1. The highest BCUT2D eigenvalue weighted by Crippen LogP contribution is 2.34. The molecule has 0 spiro atoms. The molecular formula is C20H34IN3O2. The van der Waals surface area contributed by atoms with E-state index in [0.29, 0.717) is 31.7 Å². The number of nitrogens with zero attached hydrogens (tertiary/aromatic N) is 2. The quantitative estimate of drug-likeness (QED) is 0.271. The molecule has 0 aromatic heterocycles. The van der Waals surface area contributed by atoms with Gasteiger partial charge in [0, 0.05) is 33.8 Å². The average Bonchev–Trinajstić information content (AvgIpc) is 2.67. The molecule has 0 aliphatic carbocycles. The summed E-state index contributed by atoms with van der Waals surface area (Å²) in [6.45, 7) is 7.10. The van der Waals surface area contributed by atoms with Crippen molar-refractivity contribution in [3.8, 4) is 0 Å². The topological polar surface area (TPSA) is 46.1 Å². The Kier molecular flexibility index (Phi) is 11.9. The minimum atomic E-state index is 0. The van der Waals surface area contributed by atoms with E-state index in [0.717, 1.165) is 25.6 Å². The lowest BCUT2D eigenvalue weighted by Gasteiger charge is -2.40. The summed E-state index contributed by atoms with van der Waals surface area (Å²) in [6.07, 6.45) is 2.36. The Labute approximate surface area is 175 Å². The number of halogens is 1. The smallest absolute Gasteiger partial charge is 0.193 e. The molecule has 1 N–H and O–H groups in total. The highest BCUT2D eigenvalue weighted by atomic mass is 127. The Morgan fingerprint density at radius 3 is 2.65 bits per heavy atom. The van der Waals surface area contributed by atoms with Gasteiger partial charge in [0.05, 0.1) is 19.8 Å². The van der Waals surface area contributed by atoms with Crippen molar-refractivity contribution in [2.75, 3.05) is 53.6 Å². The van der Waals surface area contributed by atoms with Gasteiger partial charge in [-0.05, 0) is 23.8 Å². The Balaban J connectivity index is 0.00000338. The Bertz CT molecular complexity index is 513. The molecule has 1 heterocycles. The van der Waals surface area contributed by atoms with Crippen LogP contribution in [0.3, 0.4) is 0 Å². The van der Waals surface area contributed by atoms with Crippen LogP contribution in [0.2, 0.25) is 0 Å². The number of hydrogen-bond donors (Lipinski definition) is 1. The number of guanidine groups is 1. The molecule has 0 radical (unpaired) electrons. The van der Waals surface area contributed by atoms with Crippen LogP contribution in [0.5, 0.6) is 0 Å². The van der Waals surface area contributed by atoms with Crippen LogP contribution in [0.15, 0.2) is 35.3 Å². The standard InChI is InChI=1S/C20H33N3O2.HI/c1-4-17-16-23(12-10-19(17)18-8-6-5-7-9-18)20(21-2)22-11-13-25-15-14-24-3;/h5-9,17,19H,4,10-16H2,1-3H3,(H,21,22);1H. The predicted molar refractivity (Wildman–Crippen MR) is 119 cm³/mol. The first-order valence-corrected chi connectivity index (χ1v) is 9.37. The number of likely N-dealkylation sites (tertiary alicyclic amines) is 1. The van der Waals surface area contributed by atoms with Gasteiger partial charge in [-0.1, -0.05) is 43.7 Å². The van der Waals surface area contributed by atoms with Crippen molar-refractivity contribution < 1.29 is 9.47 Å². The molecule has 5 nitrogen and oxygen atoms in total. The molecule has 0 amide bonds. The van der Waals surface area contributed by atoms with Gasteiger partial charge in [0.15, 0.2) is 5.96 Å². The molecule has 0 saturated carbocycles. The second-order valence-corrected chi connectivity index (χ2v) is 6.50. The van der Waals surface area contributed by atoms with E-state index in [1.54, 1.807) is 7.11 Å². The number of rotatable bonds is 8. The third-order valence-electron chi connectivity index (χ3n) is 4.96. The van der Waals surface area contributed by atoms with E-state index in [1.165, 1.54) is 18.4 Å². The van der Waals surface area contributed by atoms with Crippen molar-refractivity contribution in [2.24, 2.45) is 10.9 Å². The van der Waals surface area contributed by atoms with E-state index in [-0.39, 0.29) is 24.0 Å². The van der Waals surface area contributed by atoms with Crippen LogP contribution in [0, 0.1) is 5.92 Å². The molecule has 2 rings (SSSR count). The Morgan fingerprint density at radius 2 is 2.00 bits per heavy atom. The molecule has 1 aromatic rings. The lowest BCUT2D eigenvalue weighted by molar-refractivity contribution is 0.0730. The maximum Gasteiger partial charge on any atom is 0.193 e. The van der Waals surface area contributed by atoms with Crippen molar-refractivity contribution in [3.63, 3.8) is 0 Å². The molecule has 1 fully saturated rings. The predicted octanol–water partition coefficient (Wildman–Crippen LogP) is 3.36. The molecule has 148 valence electrons. The van der Waals surface area contributed by atoms with Crippen LogP contribution in [0.25, 0.3) is 0 Å². The minimum Gasteiger partial charge on any atom is -0.382 e. The van der Waals surface area contributed by atoms with E-state index in [1.807, 2.05) is 7.05 Å². The fraction of sp³-hybridized carbons (Fsp3) is 0.650. The first-order valence-electron chi connectivity index (χ1n) is 9.37. The first kappa shape index (κ1) is 23.2. The summed E-state index contributed by atoms with van der Waals surface area (Å²) in [4.78, 5) is 6.86. The molecule has 0 bridgehead atoms. The number of piperidine rings is 1. The normalized spacial score (nSPS) is 20.6. The fourth-order valence-corrected chi connectivity index (χ4v) is 3.59. The third kappa shape index (κ3) is 7.04. The second-order valence-electron chi connectivity index (χ2n) is 6.50. The van der Waals surface area contributed by atoms with E-state index >= 15 is 0 Å². The van der Waals surface area contributed by atoms with Gasteiger partial charge in [-0.15, -0.1) is 24.0 Å². The van der Waals surface area contributed by atoms with E-state index < -0.39 is 0 Å². The van der Waals surface area contributed by atoms with Crippen molar-refractivity contribution in [1.82, 2.24) is 10.2 Å². The van der Waals surface area contributed by atoms with Gasteiger partial charge < -0.3 is 19.7 Å². The minimum absolute atomic E-state index is 0. The van der Waals surface area contributed by atoms with Crippen LogP contribution in [0.1, 0.15) is 31.2 Å². The van der Waals surface area contributed by atoms with E-state index in [9.17, 15) is 0 Å². The van der Waals surface area contributed by atoms with Crippen molar-refractivity contribution >= 4 is 29.9 Å². The van der Waals surface area contributed by atoms with E-state index in [2.05, 4.69) is 52.5 Å². The van der Waals surface area contributed by atoms with Gasteiger partial charge in [0.25, 0.3) is 0 Å². The largest absolute Gasteiger partial charge is 0.382 e. The zero-order valence-electron chi connectivity index (χ0n) is 16.3. The molecule has 1 aromatic carbocycles. The molecule has 2 atom stereocenters. The summed E-state index contributed by atoms with van der Waals surface area (Å²) in [5.74, 6) is 2.30. The van der Waals surface area contributed by atoms with Gasteiger partial charge in [-0.2, -0.15) is 0 Å². The van der Waals surface area contributed by atoms with Crippen molar-refractivity contribution in [2.45, 2.75) is 25.7 Å². The monoisotopic (exact) mass is 475 g/mol. The average molecular weight is 475 g/mol. The van der Waals surface area contributed by atoms with Crippen LogP contribution >= 0.6 is 24.0 Å². The number of methoxy groups -OCH3 is 1. The molecule has 1 aliphatic rings. The Morgan fingerprint density at radius 1 is 1.23 bits per heavy atom. The maximum atomic E-state index is 5.51. The highest BCUT2D eigenvalue weighted by molar-refractivity contribution is 14.0. The SMILES string of the molecule is CCC1CN(C(=NC)NCCOCCOC)CCC1c1ccccc1.I. The molecule has 1 aliphatic heterocycles. The van der Waals surface area contributed by atoms with Crippen LogP contribution in [-0.2, 0) is 9.47 Å². The first-order chi connectivity index (χ1) is 12.3. The molecular weight excluding hydrogens is 441 g/mol. The lowest BCUT2D eigenvalue weighted by Crippen LogP contribution is -2.49. The highest BCUT2D eigenvalue weighted by Gasteiger charge is 2.30. The maximum absolute atomic E-state index is 5.51. The summed E-state index contributed by atoms with van der Waals surface area (Å²) in [5, 5.41) is 3.43. The molecule has 1 saturated heterocycles. The lowest BCUT2D eigenvalue weighted by atomic mass is 9.79. The van der Waals surface area contributed by atoms with Gasteiger partial charge in [0.1, 0.15) is 0 Å². The number of hydrogen-bond acceptors (Lipinski definition) is 3. The van der Waals surface area contributed by atoms with Crippen molar-refractivity contribution in [3.05, 3.63) is 35.9 Å². The second kappa shape index (κ2) is 13.3. The zero-order chi connectivity index (χ0) is 17.9. The van der Waals surface area contributed by atoms with Gasteiger partial charge >= 0.3 is 0 Å². The number of aliphatic imine (C=N–C) groups is 1. The van der Waals surface area contributed by atoms with Gasteiger partial charge in [-0.3, -0.25) is 4.99 Å². The zero-order valence-corrected chi connectivity index (χ0v) is 18.6. The summed E-state index contributed by atoms with van der Waals surface area (Å²) in [5.41, 5.74) is 1.48. The summed E-state index contributed by atoms with van der Waals surface area (Å²) in [7, 11) is 3.55. The summed E-state index contributed by atoms with van der Waals surface area (Å²) >= 11 is 0. The summed E-state index contributed by atoms with van der Waals surface area (Å²) < 4.78 is 10.5. The van der Waals surface area contributed by atoms with Crippen LogP contribution in [-0.4, -0.2) is 64.5 Å². The molecule has 26 heavy (non-hydrogen) atoms. The Hall–Kier alpha value is -0.860. The third-order valence-corrected chi connectivity index (χ3v) is 4.96. The number of nitrogens with one attached hydrogen (secondary N) is 1. The number of ether oxygens (including phenoxy) is 2. The molecule has 6 heteroatoms. The summed E-state index contributed by atoms with van der Waals surface area (Å²) in [6, 6.07) is 10.9. The van der Waals surface area contributed by atoms with Crippen LogP contribution < -0.4 is 5.32 Å².